The predicted molar refractivity (Wildman–Crippen MR) is 146 cm³/mol. The van der Waals surface area contributed by atoms with Crippen molar-refractivity contribution in [1.82, 2.24) is 19.8 Å². The minimum Gasteiger partial charge on any atom is -0.454 e. The van der Waals surface area contributed by atoms with Gasteiger partial charge >= 0.3 is 0 Å². The van der Waals surface area contributed by atoms with Crippen LogP contribution in [0.1, 0.15) is 41.1 Å². The van der Waals surface area contributed by atoms with Crippen LogP contribution in [0.2, 0.25) is 0 Å². The standard InChI is InChI=1S/C28H33N5O3S/c1-19-16-22(20(2)32(19)11-5-10-31-12-14-34-15-13-31)27-26(23-6-3-4-9-29-23)30-28(37)33(27)21-7-8-24-25(17-21)36-18-35-24/h3-4,6-9,16-17,26-27H,5,10-15,18H2,1-2H3,(H,30,37)/t26-,27+/m0/s1. The van der Waals surface area contributed by atoms with Crippen molar-refractivity contribution in [2.45, 2.75) is 38.9 Å². The van der Waals surface area contributed by atoms with Gasteiger partial charge in [-0.2, -0.15) is 0 Å². The van der Waals surface area contributed by atoms with Crippen molar-refractivity contribution in [1.29, 1.82) is 0 Å². The molecule has 2 saturated heterocycles. The van der Waals surface area contributed by atoms with Crippen LogP contribution < -0.4 is 19.7 Å². The van der Waals surface area contributed by atoms with Crippen molar-refractivity contribution < 1.29 is 14.2 Å². The summed E-state index contributed by atoms with van der Waals surface area (Å²) in [4.78, 5) is 9.40. The quantitative estimate of drug-likeness (QED) is 0.468. The van der Waals surface area contributed by atoms with Crippen LogP contribution in [-0.2, 0) is 11.3 Å². The fraction of sp³-hybridized carbons (Fsp3) is 0.429. The van der Waals surface area contributed by atoms with E-state index in [9.17, 15) is 0 Å². The molecule has 5 heterocycles. The van der Waals surface area contributed by atoms with Crippen LogP contribution in [0, 0.1) is 13.8 Å². The summed E-state index contributed by atoms with van der Waals surface area (Å²) >= 11 is 5.92. The molecule has 3 aliphatic rings. The van der Waals surface area contributed by atoms with E-state index in [4.69, 9.17) is 31.4 Å². The number of nitrogens with zero attached hydrogens (tertiary/aromatic N) is 4. The molecule has 2 fully saturated rings. The van der Waals surface area contributed by atoms with Crippen molar-refractivity contribution in [3.8, 4) is 11.5 Å². The Morgan fingerprint density at radius 1 is 1.03 bits per heavy atom. The molecule has 1 N–H and O–H groups in total. The number of aromatic nitrogens is 2. The van der Waals surface area contributed by atoms with Gasteiger partial charge in [-0.05, 0) is 68.4 Å². The average Bonchev–Trinajstić information content (AvgIpc) is 3.61. The van der Waals surface area contributed by atoms with Crippen molar-refractivity contribution in [2.75, 3.05) is 44.5 Å². The monoisotopic (exact) mass is 519 g/mol. The first-order valence-corrected chi connectivity index (χ1v) is 13.4. The molecule has 0 unspecified atom stereocenters. The summed E-state index contributed by atoms with van der Waals surface area (Å²) in [5.74, 6) is 1.51. The highest BCUT2D eigenvalue weighted by Crippen LogP contribution is 2.45. The van der Waals surface area contributed by atoms with E-state index < -0.39 is 0 Å². The first kappa shape index (κ1) is 24.2. The molecule has 9 heteroatoms. The molecule has 0 spiro atoms. The molecule has 6 rings (SSSR count). The zero-order chi connectivity index (χ0) is 25.4. The number of nitrogens with one attached hydrogen (secondary N) is 1. The number of pyridine rings is 1. The van der Waals surface area contributed by atoms with Gasteiger partial charge in [0.05, 0.1) is 31.0 Å². The Morgan fingerprint density at radius 2 is 1.86 bits per heavy atom. The molecule has 0 amide bonds. The molecule has 3 aliphatic heterocycles. The van der Waals surface area contributed by atoms with Gasteiger partial charge in [-0.1, -0.05) is 6.07 Å². The van der Waals surface area contributed by atoms with E-state index in [2.05, 4.69) is 51.7 Å². The van der Waals surface area contributed by atoms with Crippen LogP contribution in [0.4, 0.5) is 5.69 Å². The smallest absolute Gasteiger partial charge is 0.231 e. The Labute approximate surface area is 223 Å². The highest BCUT2D eigenvalue weighted by molar-refractivity contribution is 7.80. The number of aryl methyl sites for hydroxylation is 1. The SMILES string of the molecule is Cc1cc([C@@H]2[C@H](c3ccccn3)NC(=S)N2c2ccc3c(c2)OCO3)c(C)n1CCCN1CCOCC1. The second-order valence-corrected chi connectivity index (χ2v) is 10.2. The Kier molecular flexibility index (Phi) is 6.75. The second kappa shape index (κ2) is 10.3. The third-order valence-corrected chi connectivity index (χ3v) is 7.94. The molecule has 0 aliphatic carbocycles. The first-order chi connectivity index (χ1) is 18.1. The molecule has 194 valence electrons. The van der Waals surface area contributed by atoms with Gasteiger partial charge in [0.1, 0.15) is 0 Å². The molecule has 8 nitrogen and oxygen atoms in total. The molecular formula is C28H33N5O3S. The van der Waals surface area contributed by atoms with E-state index in [-0.39, 0.29) is 18.9 Å². The fourth-order valence-electron chi connectivity index (χ4n) is 5.73. The number of anilines is 1. The number of hydrogen-bond donors (Lipinski definition) is 1. The number of ether oxygens (including phenoxy) is 3. The zero-order valence-corrected chi connectivity index (χ0v) is 22.2. The lowest BCUT2D eigenvalue weighted by Gasteiger charge is -2.28. The Balaban J connectivity index is 1.33. The molecule has 0 saturated carbocycles. The van der Waals surface area contributed by atoms with Crippen LogP contribution in [0.25, 0.3) is 0 Å². The lowest BCUT2D eigenvalue weighted by molar-refractivity contribution is 0.0369. The number of morpholine rings is 1. The summed E-state index contributed by atoms with van der Waals surface area (Å²) < 4.78 is 19.2. The van der Waals surface area contributed by atoms with Gasteiger partial charge < -0.3 is 29.0 Å². The molecule has 0 bridgehead atoms. The second-order valence-electron chi connectivity index (χ2n) is 9.82. The first-order valence-electron chi connectivity index (χ1n) is 13.0. The zero-order valence-electron chi connectivity index (χ0n) is 21.4. The molecule has 0 radical (unpaired) electrons. The minimum absolute atomic E-state index is 0.0537. The lowest BCUT2D eigenvalue weighted by atomic mass is 9.96. The van der Waals surface area contributed by atoms with Gasteiger partial charge in [0.15, 0.2) is 16.6 Å². The normalized spacial score (nSPS) is 21.5. The number of hydrogen-bond acceptors (Lipinski definition) is 6. The van der Waals surface area contributed by atoms with Crippen LogP contribution in [-0.4, -0.2) is 59.2 Å². The van der Waals surface area contributed by atoms with Crippen molar-refractivity contribution in [3.63, 3.8) is 0 Å². The summed E-state index contributed by atoms with van der Waals surface area (Å²) in [5, 5.41) is 4.25. The van der Waals surface area contributed by atoms with E-state index in [0.717, 1.165) is 68.7 Å². The molecule has 37 heavy (non-hydrogen) atoms. The van der Waals surface area contributed by atoms with Crippen LogP contribution in [0.5, 0.6) is 11.5 Å². The van der Waals surface area contributed by atoms with E-state index >= 15 is 0 Å². The lowest BCUT2D eigenvalue weighted by Crippen LogP contribution is -2.37. The van der Waals surface area contributed by atoms with Gasteiger partial charge in [0, 0.05) is 55.5 Å². The fourth-order valence-corrected chi connectivity index (χ4v) is 6.08. The topological polar surface area (TPSA) is 64.0 Å². The largest absolute Gasteiger partial charge is 0.454 e. The van der Waals surface area contributed by atoms with E-state index in [1.54, 1.807) is 0 Å². The Hall–Kier alpha value is -3.14. The highest BCUT2D eigenvalue weighted by atomic mass is 32.1. The number of benzene rings is 1. The maximum Gasteiger partial charge on any atom is 0.231 e. The molecule has 1 aromatic carbocycles. The number of fused-ring (bicyclic) bond motifs is 1. The van der Waals surface area contributed by atoms with Gasteiger partial charge in [0.2, 0.25) is 6.79 Å². The van der Waals surface area contributed by atoms with E-state index in [1.165, 1.54) is 17.0 Å². The van der Waals surface area contributed by atoms with Crippen molar-refractivity contribution in [2.24, 2.45) is 0 Å². The van der Waals surface area contributed by atoms with E-state index in [1.807, 2.05) is 30.5 Å². The summed E-state index contributed by atoms with van der Waals surface area (Å²) in [6, 6.07) is 14.3. The Bertz CT molecular complexity index is 1270. The Morgan fingerprint density at radius 3 is 2.68 bits per heavy atom. The van der Waals surface area contributed by atoms with Gasteiger partial charge in [-0.25, -0.2) is 0 Å². The van der Waals surface area contributed by atoms with E-state index in [0.29, 0.717) is 5.11 Å². The molecule has 3 aromatic rings. The maximum atomic E-state index is 5.92. The van der Waals surface area contributed by atoms with Gasteiger partial charge in [0.25, 0.3) is 0 Å². The average molecular weight is 520 g/mol. The maximum absolute atomic E-state index is 5.92. The number of thiocarbonyl (C=S) groups is 1. The van der Waals surface area contributed by atoms with Gasteiger partial charge in [-0.3, -0.25) is 9.88 Å². The minimum atomic E-state index is -0.0820. The van der Waals surface area contributed by atoms with Crippen molar-refractivity contribution in [3.05, 3.63) is 71.3 Å². The number of rotatable bonds is 7. The predicted octanol–water partition coefficient (Wildman–Crippen LogP) is 4.13. The third kappa shape index (κ3) is 4.67. The van der Waals surface area contributed by atoms with Crippen LogP contribution in [0.15, 0.2) is 48.7 Å². The van der Waals surface area contributed by atoms with Gasteiger partial charge in [-0.15, -0.1) is 0 Å². The van der Waals surface area contributed by atoms with Crippen LogP contribution in [0.3, 0.4) is 0 Å². The molecular weight excluding hydrogens is 486 g/mol. The summed E-state index contributed by atoms with van der Waals surface area (Å²) in [7, 11) is 0. The summed E-state index contributed by atoms with van der Waals surface area (Å²) in [6.07, 6.45) is 2.95. The molecule has 2 aromatic heterocycles. The molecule has 2 atom stereocenters. The highest BCUT2D eigenvalue weighted by Gasteiger charge is 2.42. The summed E-state index contributed by atoms with van der Waals surface area (Å²) in [5.41, 5.74) is 5.72. The summed E-state index contributed by atoms with van der Waals surface area (Å²) in [6.45, 7) is 10.5. The van der Waals surface area contributed by atoms with Crippen LogP contribution >= 0.6 is 12.2 Å². The van der Waals surface area contributed by atoms with Crippen molar-refractivity contribution >= 4 is 23.0 Å². The third-order valence-electron chi connectivity index (χ3n) is 7.62.